The summed E-state index contributed by atoms with van der Waals surface area (Å²) in [6.45, 7) is 1.43. The van der Waals surface area contributed by atoms with Crippen LogP contribution >= 0.6 is 15.9 Å². The van der Waals surface area contributed by atoms with Gasteiger partial charge in [0.1, 0.15) is 0 Å². The summed E-state index contributed by atoms with van der Waals surface area (Å²) in [5.74, 6) is 0. The van der Waals surface area contributed by atoms with E-state index < -0.39 is 0 Å². The topological polar surface area (TPSA) is 36.7 Å². The zero-order valence-electron chi connectivity index (χ0n) is 5.58. The molecule has 1 aromatic rings. The summed E-state index contributed by atoms with van der Waals surface area (Å²) in [5, 5.41) is 7.32. The van der Waals surface area contributed by atoms with Gasteiger partial charge in [-0.2, -0.15) is 5.26 Å². The molecule has 52 valence electrons. The molecular formula is C7H7BrN2. The van der Waals surface area contributed by atoms with Crippen molar-refractivity contribution >= 4 is 15.9 Å². The average Bonchev–Trinajstić information content (AvgIpc) is 1.91. The standard InChI is InChI=1S/C5H4BrN.C2H3N/c6-5-2-1-3-7-4-5;1-2-3/h1-4H;1H3. The normalized spacial score (nSPS) is 6.90. The van der Waals surface area contributed by atoms with Gasteiger partial charge in [-0.3, -0.25) is 4.98 Å². The van der Waals surface area contributed by atoms with Crippen molar-refractivity contribution in [3.05, 3.63) is 29.0 Å². The van der Waals surface area contributed by atoms with Crippen LogP contribution in [0.2, 0.25) is 0 Å². The summed E-state index contributed by atoms with van der Waals surface area (Å²) in [6.07, 6.45) is 3.49. The number of hydrogen-bond acceptors (Lipinski definition) is 2. The lowest BCUT2D eigenvalue weighted by molar-refractivity contribution is 1.31. The SMILES string of the molecule is Brc1cccnc1.CC#N. The highest BCUT2D eigenvalue weighted by Gasteiger charge is 1.75. The van der Waals surface area contributed by atoms with E-state index in [-0.39, 0.29) is 0 Å². The Kier molecular flexibility index (Phi) is 5.69. The first-order valence-corrected chi connectivity index (χ1v) is 3.47. The van der Waals surface area contributed by atoms with Crippen molar-refractivity contribution in [1.82, 2.24) is 4.98 Å². The summed E-state index contributed by atoms with van der Waals surface area (Å²) in [6, 6.07) is 5.57. The molecule has 1 heterocycles. The number of nitrogens with zero attached hydrogens (tertiary/aromatic N) is 2. The van der Waals surface area contributed by atoms with E-state index in [0.717, 1.165) is 4.47 Å². The zero-order valence-corrected chi connectivity index (χ0v) is 7.17. The molecule has 0 saturated carbocycles. The molecular weight excluding hydrogens is 192 g/mol. The van der Waals surface area contributed by atoms with Gasteiger partial charge in [0.2, 0.25) is 0 Å². The van der Waals surface area contributed by atoms with E-state index in [0.29, 0.717) is 0 Å². The Morgan fingerprint density at radius 3 is 2.50 bits per heavy atom. The fraction of sp³-hybridized carbons (Fsp3) is 0.143. The maximum Gasteiger partial charge on any atom is 0.0587 e. The van der Waals surface area contributed by atoms with Gasteiger partial charge in [0.05, 0.1) is 6.07 Å². The number of rotatable bonds is 0. The molecule has 10 heavy (non-hydrogen) atoms. The van der Waals surface area contributed by atoms with Crippen molar-refractivity contribution in [2.45, 2.75) is 6.92 Å². The molecule has 0 bridgehead atoms. The van der Waals surface area contributed by atoms with Gasteiger partial charge in [0.25, 0.3) is 0 Å². The molecule has 1 aromatic heterocycles. The summed E-state index contributed by atoms with van der Waals surface area (Å²) in [4.78, 5) is 3.84. The van der Waals surface area contributed by atoms with Crippen LogP contribution < -0.4 is 0 Å². The van der Waals surface area contributed by atoms with Gasteiger partial charge in [-0.05, 0) is 28.1 Å². The quantitative estimate of drug-likeness (QED) is 0.643. The van der Waals surface area contributed by atoms with E-state index in [1.54, 1.807) is 18.5 Å². The molecule has 0 spiro atoms. The number of pyridine rings is 1. The second kappa shape index (κ2) is 6.24. The Labute approximate surface area is 68.6 Å². The fourth-order valence-electron chi connectivity index (χ4n) is 0.342. The van der Waals surface area contributed by atoms with Crippen LogP contribution in [0, 0.1) is 11.3 Å². The van der Waals surface area contributed by atoms with E-state index in [9.17, 15) is 0 Å². The molecule has 0 saturated heterocycles. The van der Waals surface area contributed by atoms with Crippen LogP contribution in [0.1, 0.15) is 6.92 Å². The van der Waals surface area contributed by atoms with Gasteiger partial charge in [-0.1, -0.05) is 0 Å². The van der Waals surface area contributed by atoms with Gasteiger partial charge >= 0.3 is 0 Å². The largest absolute Gasteiger partial charge is 0.264 e. The van der Waals surface area contributed by atoms with E-state index in [1.807, 2.05) is 12.1 Å². The molecule has 0 N–H and O–H groups in total. The average molecular weight is 199 g/mol. The van der Waals surface area contributed by atoms with E-state index in [2.05, 4.69) is 20.9 Å². The van der Waals surface area contributed by atoms with E-state index >= 15 is 0 Å². The highest BCUT2D eigenvalue weighted by Crippen LogP contribution is 2.02. The minimum Gasteiger partial charge on any atom is -0.264 e. The molecule has 0 unspecified atom stereocenters. The highest BCUT2D eigenvalue weighted by atomic mass is 79.9. The van der Waals surface area contributed by atoms with Crippen LogP contribution in [0.25, 0.3) is 0 Å². The highest BCUT2D eigenvalue weighted by molar-refractivity contribution is 9.10. The second-order valence-corrected chi connectivity index (χ2v) is 2.31. The number of halogens is 1. The summed E-state index contributed by atoms with van der Waals surface area (Å²) >= 11 is 3.25. The Hall–Kier alpha value is -0.880. The van der Waals surface area contributed by atoms with Crippen molar-refractivity contribution in [3.8, 4) is 6.07 Å². The number of aromatic nitrogens is 1. The molecule has 0 fully saturated rings. The third kappa shape index (κ3) is 5.26. The van der Waals surface area contributed by atoms with Crippen molar-refractivity contribution in [3.63, 3.8) is 0 Å². The Bertz CT molecular complexity index is 203. The van der Waals surface area contributed by atoms with Crippen LogP contribution in [-0.4, -0.2) is 4.98 Å². The first kappa shape index (κ1) is 9.12. The lowest BCUT2D eigenvalue weighted by Gasteiger charge is -1.80. The molecule has 1 rings (SSSR count). The third-order valence-corrected chi connectivity index (χ3v) is 1.09. The Morgan fingerprint density at radius 1 is 1.70 bits per heavy atom. The van der Waals surface area contributed by atoms with Gasteiger partial charge in [0.15, 0.2) is 0 Å². The van der Waals surface area contributed by atoms with Crippen LogP contribution in [0.5, 0.6) is 0 Å². The minimum absolute atomic E-state index is 1.02. The van der Waals surface area contributed by atoms with Gasteiger partial charge in [-0.25, -0.2) is 0 Å². The minimum atomic E-state index is 1.02. The molecule has 3 heteroatoms. The molecule has 2 nitrogen and oxygen atoms in total. The first-order chi connectivity index (χ1) is 4.81. The van der Waals surface area contributed by atoms with Crippen LogP contribution in [-0.2, 0) is 0 Å². The smallest absolute Gasteiger partial charge is 0.0587 e. The van der Waals surface area contributed by atoms with Crippen LogP contribution in [0.4, 0.5) is 0 Å². The molecule has 0 aliphatic rings. The van der Waals surface area contributed by atoms with Crippen molar-refractivity contribution in [2.75, 3.05) is 0 Å². The molecule has 0 aliphatic heterocycles. The lowest BCUT2D eigenvalue weighted by Crippen LogP contribution is -1.64. The molecule has 0 amide bonds. The second-order valence-electron chi connectivity index (χ2n) is 1.39. The monoisotopic (exact) mass is 198 g/mol. The first-order valence-electron chi connectivity index (χ1n) is 2.67. The maximum absolute atomic E-state index is 7.32. The predicted octanol–water partition coefficient (Wildman–Crippen LogP) is 2.37. The lowest BCUT2D eigenvalue weighted by atomic mass is 10.5. The fourth-order valence-corrected chi connectivity index (χ4v) is 0.613. The number of nitriles is 1. The third-order valence-electron chi connectivity index (χ3n) is 0.625. The summed E-state index contributed by atoms with van der Waals surface area (Å²) < 4.78 is 1.02. The van der Waals surface area contributed by atoms with Crippen LogP contribution in [0.15, 0.2) is 29.0 Å². The maximum atomic E-state index is 7.32. The number of hydrogen-bond donors (Lipinski definition) is 0. The van der Waals surface area contributed by atoms with Crippen molar-refractivity contribution < 1.29 is 0 Å². The van der Waals surface area contributed by atoms with Gasteiger partial charge < -0.3 is 0 Å². The Balaban J connectivity index is 0.000000236. The van der Waals surface area contributed by atoms with Gasteiger partial charge in [-0.15, -0.1) is 0 Å². The molecule has 0 aliphatic carbocycles. The summed E-state index contributed by atoms with van der Waals surface area (Å²) in [7, 11) is 0. The molecule has 0 atom stereocenters. The van der Waals surface area contributed by atoms with Crippen molar-refractivity contribution in [1.29, 1.82) is 5.26 Å². The summed E-state index contributed by atoms with van der Waals surface area (Å²) in [5.41, 5.74) is 0. The van der Waals surface area contributed by atoms with Crippen molar-refractivity contribution in [2.24, 2.45) is 0 Å². The Morgan fingerprint density at radius 2 is 2.30 bits per heavy atom. The van der Waals surface area contributed by atoms with Crippen LogP contribution in [0.3, 0.4) is 0 Å². The van der Waals surface area contributed by atoms with E-state index in [4.69, 9.17) is 5.26 Å². The van der Waals surface area contributed by atoms with Gasteiger partial charge in [0, 0.05) is 23.8 Å². The molecule has 0 aromatic carbocycles. The predicted molar refractivity (Wildman–Crippen MR) is 43.2 cm³/mol. The zero-order chi connectivity index (χ0) is 7.82. The molecule has 0 radical (unpaired) electrons. The van der Waals surface area contributed by atoms with E-state index in [1.165, 1.54) is 6.92 Å².